The van der Waals surface area contributed by atoms with Gasteiger partial charge < -0.3 is 28.6 Å². The van der Waals surface area contributed by atoms with E-state index in [2.05, 4.69) is 62.5 Å². The molecule has 0 aliphatic heterocycles. The van der Waals surface area contributed by atoms with Gasteiger partial charge in [-0.2, -0.15) is 0 Å². The van der Waals surface area contributed by atoms with Crippen LogP contribution in [0.2, 0.25) is 0 Å². The zero-order valence-electron chi connectivity index (χ0n) is 28.3. The highest BCUT2D eigenvalue weighted by Gasteiger charge is 2.25. The number of hydrogen-bond acceptors (Lipinski definition) is 7. The van der Waals surface area contributed by atoms with Gasteiger partial charge in [-0.3, -0.25) is 9.59 Å². The van der Waals surface area contributed by atoms with Gasteiger partial charge in [-0.05, 0) is 57.8 Å². The van der Waals surface area contributed by atoms with Gasteiger partial charge in [0.25, 0.3) is 0 Å². The first-order chi connectivity index (χ1) is 21.1. The Morgan fingerprint density at radius 3 is 2.00 bits per heavy atom. The van der Waals surface area contributed by atoms with Crippen LogP contribution >= 0.6 is 0 Å². The number of nitrogens with zero attached hydrogens (tertiary/aromatic N) is 1. The van der Waals surface area contributed by atoms with Crippen molar-refractivity contribution in [2.45, 2.75) is 122 Å². The van der Waals surface area contributed by atoms with E-state index in [-0.39, 0.29) is 49.1 Å². The number of carbonyl (C=O) groups is 3. The molecule has 0 bridgehead atoms. The number of aliphatic carboxylic acids is 1. The van der Waals surface area contributed by atoms with Crippen molar-refractivity contribution in [3.05, 3.63) is 48.6 Å². The third-order valence-electron chi connectivity index (χ3n) is 6.98. The summed E-state index contributed by atoms with van der Waals surface area (Å²) in [4.78, 5) is 36.4. The highest BCUT2D eigenvalue weighted by molar-refractivity contribution is 5.70. The highest BCUT2D eigenvalue weighted by atomic mass is 16.6. The lowest BCUT2D eigenvalue weighted by molar-refractivity contribution is -0.889. The molecule has 0 saturated heterocycles. The molecule has 0 spiro atoms. The second kappa shape index (κ2) is 27.8. The number of likely N-dealkylation sites (N-methyl/N-ethyl adjacent to an activating group) is 1. The number of hydrogen-bond donors (Lipinski definition) is 0. The number of carbonyl (C=O) groups excluding carboxylic acids is 3. The molecule has 2 atom stereocenters. The fraction of sp³-hybridized carbons (Fsp3) is 0.694. The molecule has 0 amide bonds. The minimum Gasteiger partial charge on any atom is -0.544 e. The Kier molecular flexibility index (Phi) is 26.1. The Bertz CT molecular complexity index is 870. The lowest BCUT2D eigenvalue weighted by atomic mass is 10.1. The smallest absolute Gasteiger partial charge is 0.306 e. The molecule has 2 unspecified atom stereocenters. The molecule has 0 N–H and O–H groups in total. The van der Waals surface area contributed by atoms with Crippen molar-refractivity contribution in [1.82, 2.24) is 0 Å². The van der Waals surface area contributed by atoms with Crippen molar-refractivity contribution in [3.63, 3.8) is 0 Å². The summed E-state index contributed by atoms with van der Waals surface area (Å²) in [5, 5.41) is 11.5. The van der Waals surface area contributed by atoms with E-state index in [0.717, 1.165) is 57.8 Å². The van der Waals surface area contributed by atoms with Gasteiger partial charge in [0.1, 0.15) is 12.6 Å². The van der Waals surface area contributed by atoms with Gasteiger partial charge in [0.15, 0.2) is 6.10 Å². The Morgan fingerprint density at radius 2 is 1.34 bits per heavy atom. The van der Waals surface area contributed by atoms with E-state index in [9.17, 15) is 19.5 Å². The monoisotopic (exact) mass is 619 g/mol. The van der Waals surface area contributed by atoms with Gasteiger partial charge in [-0.25, -0.2) is 0 Å². The quantitative estimate of drug-likeness (QED) is 0.0328. The summed E-state index contributed by atoms with van der Waals surface area (Å²) < 4.78 is 16.9. The SMILES string of the molecule is CC/C=C/C/C=C/CCCCC(=O)OC(COCCC(C(=O)[O-])[N+](C)(C)C)COC(=O)CCCCC/C=C/C=C/CCCC. The fourth-order valence-corrected chi connectivity index (χ4v) is 4.32. The normalized spacial score (nSPS) is 13.8. The third-order valence-corrected chi connectivity index (χ3v) is 6.98. The van der Waals surface area contributed by atoms with Crippen LogP contribution in [0.5, 0.6) is 0 Å². The van der Waals surface area contributed by atoms with Gasteiger partial charge >= 0.3 is 11.9 Å². The molecule has 0 aromatic rings. The van der Waals surface area contributed by atoms with Crippen molar-refractivity contribution in [3.8, 4) is 0 Å². The molecule has 252 valence electrons. The van der Waals surface area contributed by atoms with Gasteiger partial charge in [-0.15, -0.1) is 0 Å². The molecule has 0 aliphatic rings. The van der Waals surface area contributed by atoms with Gasteiger partial charge in [0.2, 0.25) is 0 Å². The maximum atomic E-state index is 12.5. The molecule has 0 radical (unpaired) electrons. The minimum absolute atomic E-state index is 0.0170. The highest BCUT2D eigenvalue weighted by Crippen LogP contribution is 2.10. The Balaban J connectivity index is 4.59. The van der Waals surface area contributed by atoms with Crippen molar-refractivity contribution >= 4 is 17.9 Å². The van der Waals surface area contributed by atoms with E-state index >= 15 is 0 Å². The number of carboxylic acids is 1. The summed E-state index contributed by atoms with van der Waals surface area (Å²) >= 11 is 0. The molecule has 8 nitrogen and oxygen atoms in total. The largest absolute Gasteiger partial charge is 0.544 e. The summed E-state index contributed by atoms with van der Waals surface area (Å²) in [6.07, 6.45) is 28.7. The van der Waals surface area contributed by atoms with Gasteiger partial charge in [-0.1, -0.05) is 81.7 Å². The standard InChI is InChI=1S/C36H61NO7/c1-6-8-10-12-14-16-17-19-20-22-24-26-34(38)43-31-32(30-42-29-28-33(36(40)41)37(3,4)5)44-35(39)27-25-23-21-18-15-13-11-9-7-2/h9,11-12,14-18,32-33H,6-8,10,13,19-31H2,1-5H3/b11-9+,14-12+,17-16+,18-15+. The van der Waals surface area contributed by atoms with Crippen LogP contribution in [0.4, 0.5) is 0 Å². The van der Waals surface area contributed by atoms with Gasteiger partial charge in [0.05, 0.1) is 40.3 Å². The number of ether oxygens (including phenoxy) is 3. The maximum absolute atomic E-state index is 12.5. The van der Waals surface area contributed by atoms with E-state index in [1.54, 1.807) is 21.1 Å². The lowest BCUT2D eigenvalue weighted by Gasteiger charge is -2.34. The first-order valence-corrected chi connectivity index (χ1v) is 16.7. The average molecular weight is 620 g/mol. The summed E-state index contributed by atoms with van der Waals surface area (Å²) in [6, 6.07) is -0.733. The molecule has 44 heavy (non-hydrogen) atoms. The second-order valence-electron chi connectivity index (χ2n) is 12.0. The number of unbranched alkanes of at least 4 members (excludes halogenated alkanes) is 7. The van der Waals surface area contributed by atoms with Crippen molar-refractivity contribution in [2.75, 3.05) is 41.0 Å². The Morgan fingerprint density at radius 1 is 0.727 bits per heavy atom. The number of carboxylic acid groups (broad SMARTS) is 1. The molecular formula is C36H61NO7. The molecule has 0 aromatic heterocycles. The molecule has 0 heterocycles. The predicted octanol–water partition coefficient (Wildman–Crippen LogP) is 6.40. The van der Waals surface area contributed by atoms with Crippen molar-refractivity contribution < 1.29 is 38.2 Å². The summed E-state index contributed by atoms with van der Waals surface area (Å²) in [7, 11) is 5.36. The first kappa shape index (κ1) is 41.3. The maximum Gasteiger partial charge on any atom is 0.306 e. The van der Waals surface area contributed by atoms with Crippen LogP contribution in [0.25, 0.3) is 0 Å². The van der Waals surface area contributed by atoms with E-state index in [1.807, 2.05) is 0 Å². The molecular weight excluding hydrogens is 558 g/mol. The number of quaternary nitrogens is 1. The summed E-state index contributed by atoms with van der Waals surface area (Å²) in [5.74, 6) is -1.83. The van der Waals surface area contributed by atoms with E-state index in [1.165, 1.54) is 12.8 Å². The molecule has 0 rings (SSSR count). The van der Waals surface area contributed by atoms with Crippen LogP contribution in [0.15, 0.2) is 48.6 Å². The zero-order valence-corrected chi connectivity index (χ0v) is 28.3. The van der Waals surface area contributed by atoms with E-state index in [0.29, 0.717) is 12.8 Å². The summed E-state index contributed by atoms with van der Waals surface area (Å²) in [6.45, 7) is 4.37. The van der Waals surface area contributed by atoms with Crippen LogP contribution < -0.4 is 5.11 Å². The Hall–Kier alpha value is -2.71. The lowest BCUT2D eigenvalue weighted by Crippen LogP contribution is -2.55. The fourth-order valence-electron chi connectivity index (χ4n) is 4.32. The summed E-state index contributed by atoms with van der Waals surface area (Å²) in [5.41, 5.74) is 0. The van der Waals surface area contributed by atoms with Crippen molar-refractivity contribution in [1.29, 1.82) is 0 Å². The molecule has 0 saturated carbocycles. The van der Waals surface area contributed by atoms with Crippen LogP contribution in [0, 0.1) is 0 Å². The van der Waals surface area contributed by atoms with Crippen molar-refractivity contribution in [2.24, 2.45) is 0 Å². The Labute approximate surface area is 267 Å². The van der Waals surface area contributed by atoms with Crippen LogP contribution in [-0.2, 0) is 28.6 Å². The second-order valence-corrected chi connectivity index (χ2v) is 12.0. The molecule has 0 aliphatic carbocycles. The average Bonchev–Trinajstić information content (AvgIpc) is 2.96. The predicted molar refractivity (Wildman–Crippen MR) is 176 cm³/mol. The third kappa shape index (κ3) is 25.8. The molecule has 0 fully saturated rings. The molecule has 8 heteroatoms. The van der Waals surface area contributed by atoms with Crippen LogP contribution in [0.3, 0.4) is 0 Å². The number of allylic oxidation sites excluding steroid dienone is 8. The van der Waals surface area contributed by atoms with Crippen LogP contribution in [-0.4, -0.2) is 75.5 Å². The van der Waals surface area contributed by atoms with E-state index in [4.69, 9.17) is 14.2 Å². The minimum atomic E-state index is -1.14. The number of esters is 2. The first-order valence-electron chi connectivity index (χ1n) is 16.7. The van der Waals surface area contributed by atoms with E-state index < -0.39 is 18.1 Å². The van der Waals surface area contributed by atoms with Gasteiger partial charge in [0, 0.05) is 19.3 Å². The number of rotatable bonds is 28. The van der Waals surface area contributed by atoms with Crippen LogP contribution in [0.1, 0.15) is 110 Å². The molecule has 0 aromatic carbocycles. The zero-order chi connectivity index (χ0) is 32.9. The topological polar surface area (TPSA) is 102 Å².